The molecule has 0 aliphatic carbocycles. The highest BCUT2D eigenvalue weighted by atomic mass is 32.2. The number of morpholine rings is 1. The van der Waals surface area contributed by atoms with E-state index in [1.165, 1.54) is 37.4 Å². The van der Waals surface area contributed by atoms with E-state index in [4.69, 9.17) is 9.47 Å². The van der Waals surface area contributed by atoms with E-state index in [0.717, 1.165) is 30.6 Å². The van der Waals surface area contributed by atoms with Crippen molar-refractivity contribution in [2.24, 2.45) is 0 Å². The van der Waals surface area contributed by atoms with Gasteiger partial charge in [0.25, 0.3) is 0 Å². The number of aromatic nitrogens is 4. The average molecular weight is 647 g/mol. The standard InChI is InChI=1S/C28H28F2N6O6S2/c1-16-13-22(35-34-16)31-25-24(40-2)26(36-9-11-42-12-10-36)33-28(32-25)43-21-8-7-18(14-20(21)29)44(38,39)15-17-5-4-6-19(23(17)30)27(37)41-3/h4-8,13-14H,9-12,15H2,1-3H3,(H2,31,32,33,34,35). The molecule has 0 atom stereocenters. The maximum absolute atomic E-state index is 15.4. The minimum atomic E-state index is -4.19. The number of anilines is 3. The van der Waals surface area contributed by atoms with Crippen molar-refractivity contribution in [3.8, 4) is 5.75 Å². The number of methoxy groups -OCH3 is 2. The lowest BCUT2D eigenvalue weighted by atomic mass is 10.1. The number of aromatic amines is 1. The molecule has 0 amide bonds. The Morgan fingerprint density at radius 3 is 2.57 bits per heavy atom. The van der Waals surface area contributed by atoms with Gasteiger partial charge in [0.05, 0.1) is 48.5 Å². The molecular weight excluding hydrogens is 618 g/mol. The second-order valence-corrected chi connectivity index (χ2v) is 12.6. The first-order chi connectivity index (χ1) is 21.1. The van der Waals surface area contributed by atoms with Crippen molar-refractivity contribution in [2.75, 3.05) is 50.7 Å². The Morgan fingerprint density at radius 1 is 1.14 bits per heavy atom. The molecule has 16 heteroatoms. The second-order valence-electron chi connectivity index (χ2n) is 9.60. The third-order valence-electron chi connectivity index (χ3n) is 6.59. The minimum Gasteiger partial charge on any atom is -0.490 e. The first-order valence-electron chi connectivity index (χ1n) is 13.2. The van der Waals surface area contributed by atoms with Gasteiger partial charge in [0.1, 0.15) is 11.6 Å². The minimum absolute atomic E-state index is 0.0578. The SMILES string of the molecule is COC(=O)c1cccc(CS(=O)(=O)c2ccc(Sc3nc(Nc4cc(C)[nH]n4)c(OC)c(N4CCOCC4)n3)c(F)c2)c1F. The van der Waals surface area contributed by atoms with Gasteiger partial charge in [-0.15, -0.1) is 0 Å². The average Bonchev–Trinajstić information content (AvgIpc) is 3.43. The van der Waals surface area contributed by atoms with Crippen molar-refractivity contribution in [2.45, 2.75) is 27.6 Å². The number of H-pyrrole nitrogens is 1. The van der Waals surface area contributed by atoms with Crippen LogP contribution < -0.4 is 15.0 Å². The van der Waals surface area contributed by atoms with E-state index in [-0.39, 0.29) is 20.5 Å². The predicted molar refractivity (Wildman–Crippen MR) is 157 cm³/mol. The van der Waals surface area contributed by atoms with Gasteiger partial charge in [-0.25, -0.2) is 32.0 Å². The Labute approximate surface area is 256 Å². The summed E-state index contributed by atoms with van der Waals surface area (Å²) in [4.78, 5) is 22.7. The predicted octanol–water partition coefficient (Wildman–Crippen LogP) is 4.29. The highest BCUT2D eigenvalue weighted by Crippen LogP contribution is 2.39. The Hall–Kier alpha value is -4.28. The molecule has 0 unspecified atom stereocenters. The van der Waals surface area contributed by atoms with Gasteiger partial charge in [-0.3, -0.25) is 5.10 Å². The van der Waals surface area contributed by atoms with Crippen molar-refractivity contribution < 1.29 is 36.2 Å². The topological polar surface area (TPSA) is 149 Å². The van der Waals surface area contributed by atoms with E-state index in [2.05, 4.69) is 30.2 Å². The van der Waals surface area contributed by atoms with Gasteiger partial charge < -0.3 is 24.4 Å². The van der Waals surface area contributed by atoms with Gasteiger partial charge in [-0.05, 0) is 43.0 Å². The lowest BCUT2D eigenvalue weighted by Gasteiger charge is -2.29. The number of hydrogen-bond acceptors (Lipinski definition) is 12. The zero-order valence-corrected chi connectivity index (χ0v) is 25.5. The number of aryl methyl sites for hydroxylation is 1. The number of halogens is 2. The van der Waals surface area contributed by atoms with Crippen LogP contribution in [0.4, 0.5) is 26.2 Å². The highest BCUT2D eigenvalue weighted by molar-refractivity contribution is 7.99. The number of hydrogen-bond donors (Lipinski definition) is 2. The van der Waals surface area contributed by atoms with E-state index in [1.54, 1.807) is 6.07 Å². The van der Waals surface area contributed by atoms with Gasteiger partial charge in [0.15, 0.2) is 32.4 Å². The van der Waals surface area contributed by atoms with Crippen LogP contribution in [-0.4, -0.2) is 75.1 Å². The van der Waals surface area contributed by atoms with Crippen molar-refractivity contribution in [3.63, 3.8) is 0 Å². The fraction of sp³-hybridized carbons (Fsp3) is 0.286. The molecule has 2 aromatic carbocycles. The smallest absolute Gasteiger partial charge is 0.340 e. The molecule has 0 spiro atoms. The van der Waals surface area contributed by atoms with Crippen LogP contribution in [0.5, 0.6) is 5.75 Å². The van der Waals surface area contributed by atoms with Crippen molar-refractivity contribution in [1.82, 2.24) is 20.2 Å². The molecule has 3 heterocycles. The molecule has 4 aromatic rings. The number of esters is 1. The van der Waals surface area contributed by atoms with Gasteiger partial charge in [0, 0.05) is 30.4 Å². The van der Waals surface area contributed by atoms with E-state index in [9.17, 15) is 17.6 Å². The molecular formula is C28H28F2N6O6S2. The molecule has 232 valence electrons. The molecule has 0 radical (unpaired) electrons. The molecule has 1 aliphatic heterocycles. The lowest BCUT2D eigenvalue weighted by Crippen LogP contribution is -2.37. The van der Waals surface area contributed by atoms with Gasteiger partial charge in [-0.2, -0.15) is 5.10 Å². The molecule has 1 aliphatic rings. The quantitative estimate of drug-likeness (QED) is 0.187. The molecule has 1 fully saturated rings. The first-order valence-corrected chi connectivity index (χ1v) is 15.7. The van der Waals surface area contributed by atoms with Crippen LogP contribution in [-0.2, 0) is 25.1 Å². The fourth-order valence-electron chi connectivity index (χ4n) is 4.43. The van der Waals surface area contributed by atoms with E-state index in [0.29, 0.717) is 49.5 Å². The number of sulfone groups is 1. The summed E-state index contributed by atoms with van der Waals surface area (Å²) < 4.78 is 72.1. The Morgan fingerprint density at radius 2 is 1.91 bits per heavy atom. The number of carbonyl (C=O) groups is 1. The van der Waals surface area contributed by atoms with Crippen LogP contribution in [0.15, 0.2) is 57.4 Å². The van der Waals surface area contributed by atoms with Crippen LogP contribution in [0.2, 0.25) is 0 Å². The summed E-state index contributed by atoms with van der Waals surface area (Å²) in [6.07, 6.45) is 0. The first kappa shape index (κ1) is 31.2. The lowest BCUT2D eigenvalue weighted by molar-refractivity contribution is 0.0595. The molecule has 12 nitrogen and oxygen atoms in total. The van der Waals surface area contributed by atoms with Crippen LogP contribution in [0.3, 0.4) is 0 Å². The molecule has 0 saturated carbocycles. The molecule has 2 aromatic heterocycles. The molecule has 0 bridgehead atoms. The van der Waals surface area contributed by atoms with Crippen LogP contribution in [0, 0.1) is 18.6 Å². The summed E-state index contributed by atoms with van der Waals surface area (Å²) in [5, 5.41) is 10.3. The second kappa shape index (κ2) is 13.2. The van der Waals surface area contributed by atoms with E-state index < -0.39 is 38.8 Å². The number of nitrogens with one attached hydrogen (secondary N) is 2. The fourth-order valence-corrected chi connectivity index (χ4v) is 6.55. The third-order valence-corrected chi connectivity index (χ3v) is 9.17. The van der Waals surface area contributed by atoms with Crippen LogP contribution >= 0.6 is 11.8 Å². The number of ether oxygens (including phenoxy) is 3. The summed E-state index contributed by atoms with van der Waals surface area (Å²) >= 11 is 0.890. The maximum Gasteiger partial charge on any atom is 0.340 e. The largest absolute Gasteiger partial charge is 0.490 e. The van der Waals surface area contributed by atoms with Crippen molar-refractivity contribution in [1.29, 1.82) is 0 Å². The number of rotatable bonds is 10. The van der Waals surface area contributed by atoms with Gasteiger partial charge >= 0.3 is 5.97 Å². The number of nitrogens with zero attached hydrogens (tertiary/aromatic N) is 4. The van der Waals surface area contributed by atoms with Crippen LogP contribution in [0.25, 0.3) is 0 Å². The monoisotopic (exact) mass is 646 g/mol. The maximum atomic E-state index is 15.4. The third kappa shape index (κ3) is 6.76. The van der Waals surface area contributed by atoms with Gasteiger partial charge in [0.2, 0.25) is 5.75 Å². The summed E-state index contributed by atoms with van der Waals surface area (Å²) in [6.45, 7) is 3.90. The van der Waals surface area contributed by atoms with Crippen molar-refractivity contribution >= 4 is 45.0 Å². The number of benzene rings is 2. The van der Waals surface area contributed by atoms with E-state index >= 15 is 4.39 Å². The van der Waals surface area contributed by atoms with Crippen molar-refractivity contribution in [3.05, 3.63) is 70.9 Å². The molecule has 44 heavy (non-hydrogen) atoms. The van der Waals surface area contributed by atoms with Gasteiger partial charge in [-0.1, -0.05) is 12.1 Å². The Kier molecular flexibility index (Phi) is 9.31. The molecule has 2 N–H and O–H groups in total. The van der Waals surface area contributed by atoms with E-state index in [1.807, 2.05) is 11.8 Å². The number of carbonyl (C=O) groups excluding carboxylic acids is 1. The Balaban J connectivity index is 1.44. The summed E-state index contributed by atoms with van der Waals surface area (Å²) in [6, 6.07) is 8.92. The summed E-state index contributed by atoms with van der Waals surface area (Å²) in [5.41, 5.74) is 0.172. The zero-order valence-electron chi connectivity index (χ0n) is 23.9. The normalized spacial score (nSPS) is 13.5. The summed E-state index contributed by atoms with van der Waals surface area (Å²) in [5.74, 6) is -1.97. The highest BCUT2D eigenvalue weighted by Gasteiger charge is 2.26. The Bertz CT molecular complexity index is 1800. The summed E-state index contributed by atoms with van der Waals surface area (Å²) in [7, 11) is -1.61. The molecule has 1 saturated heterocycles. The zero-order chi connectivity index (χ0) is 31.4. The van der Waals surface area contributed by atoms with Crippen LogP contribution in [0.1, 0.15) is 21.6 Å². The molecule has 5 rings (SSSR count).